The SMILES string of the molecule is CCc1oc2cnc(Br)cc2c1N(C)c1nc(-c2ccc(F)cc2)c(C#N)s1. The van der Waals surface area contributed by atoms with E-state index < -0.39 is 0 Å². The van der Waals surface area contributed by atoms with E-state index in [-0.39, 0.29) is 5.82 Å². The average Bonchev–Trinajstić information content (AvgIpc) is 3.29. The Balaban J connectivity index is 1.84. The fourth-order valence-corrected chi connectivity index (χ4v) is 4.23. The molecule has 0 aliphatic carbocycles. The number of aromatic nitrogens is 2. The minimum Gasteiger partial charge on any atom is -0.457 e. The van der Waals surface area contributed by atoms with Crippen LogP contribution in [0.1, 0.15) is 17.6 Å². The molecule has 0 bridgehead atoms. The van der Waals surface area contributed by atoms with Crippen LogP contribution in [0.4, 0.5) is 15.2 Å². The Labute approximate surface area is 173 Å². The molecule has 0 unspecified atom stereocenters. The Kier molecular flexibility index (Phi) is 4.87. The zero-order valence-corrected chi connectivity index (χ0v) is 17.4. The quantitative estimate of drug-likeness (QED) is 0.349. The van der Waals surface area contributed by atoms with Crippen molar-refractivity contribution < 1.29 is 8.81 Å². The van der Waals surface area contributed by atoms with Gasteiger partial charge in [-0.1, -0.05) is 18.3 Å². The number of furan rings is 1. The van der Waals surface area contributed by atoms with Gasteiger partial charge in [-0.05, 0) is 46.3 Å². The van der Waals surface area contributed by atoms with Gasteiger partial charge in [0.25, 0.3) is 0 Å². The van der Waals surface area contributed by atoms with E-state index >= 15 is 0 Å². The number of anilines is 2. The Morgan fingerprint density at radius 3 is 2.75 bits per heavy atom. The molecule has 0 atom stereocenters. The van der Waals surface area contributed by atoms with Gasteiger partial charge in [-0.15, -0.1) is 0 Å². The number of rotatable bonds is 4. The minimum atomic E-state index is -0.327. The summed E-state index contributed by atoms with van der Waals surface area (Å²) in [5.41, 5.74) is 2.83. The first-order valence-corrected chi connectivity index (χ1v) is 10.1. The van der Waals surface area contributed by atoms with Crippen LogP contribution in [0, 0.1) is 17.1 Å². The molecule has 0 spiro atoms. The third-order valence-electron chi connectivity index (χ3n) is 4.36. The average molecular weight is 457 g/mol. The van der Waals surface area contributed by atoms with E-state index in [2.05, 4.69) is 32.0 Å². The zero-order chi connectivity index (χ0) is 19.8. The molecule has 3 heterocycles. The van der Waals surface area contributed by atoms with Gasteiger partial charge in [0.05, 0.1) is 11.9 Å². The second-order valence-corrected chi connectivity index (χ2v) is 7.87. The molecule has 0 fully saturated rings. The number of thiazole rings is 1. The van der Waals surface area contributed by atoms with E-state index in [1.54, 1.807) is 18.3 Å². The maximum atomic E-state index is 13.3. The number of nitrogens with zero attached hydrogens (tertiary/aromatic N) is 4. The zero-order valence-electron chi connectivity index (χ0n) is 15.0. The Morgan fingerprint density at radius 2 is 2.07 bits per heavy atom. The van der Waals surface area contributed by atoms with Crippen molar-refractivity contribution in [2.75, 3.05) is 11.9 Å². The smallest absolute Gasteiger partial charge is 0.191 e. The molecule has 4 aromatic rings. The van der Waals surface area contributed by atoms with Crippen LogP contribution in [-0.2, 0) is 6.42 Å². The van der Waals surface area contributed by atoms with Crippen LogP contribution in [0.5, 0.6) is 0 Å². The largest absolute Gasteiger partial charge is 0.457 e. The number of hydrogen-bond acceptors (Lipinski definition) is 6. The number of aryl methyl sites for hydroxylation is 1. The van der Waals surface area contributed by atoms with Crippen molar-refractivity contribution in [1.29, 1.82) is 5.26 Å². The molecule has 140 valence electrons. The fraction of sp³-hybridized carbons (Fsp3) is 0.150. The van der Waals surface area contributed by atoms with Gasteiger partial charge in [0.15, 0.2) is 10.7 Å². The summed E-state index contributed by atoms with van der Waals surface area (Å²) in [6.07, 6.45) is 2.38. The van der Waals surface area contributed by atoms with Crippen LogP contribution < -0.4 is 4.90 Å². The first kappa shape index (κ1) is 18.6. The number of pyridine rings is 1. The number of fused-ring (bicyclic) bond motifs is 1. The lowest BCUT2D eigenvalue weighted by atomic mass is 10.1. The summed E-state index contributed by atoms with van der Waals surface area (Å²) in [5, 5.41) is 11.1. The molecule has 8 heteroatoms. The first-order chi connectivity index (χ1) is 13.5. The molecule has 28 heavy (non-hydrogen) atoms. The van der Waals surface area contributed by atoms with Crippen LogP contribution in [-0.4, -0.2) is 17.0 Å². The second-order valence-electron chi connectivity index (χ2n) is 6.08. The van der Waals surface area contributed by atoms with Crippen molar-refractivity contribution in [3.8, 4) is 17.3 Å². The van der Waals surface area contributed by atoms with Crippen LogP contribution in [0.3, 0.4) is 0 Å². The summed E-state index contributed by atoms with van der Waals surface area (Å²) in [4.78, 5) is 11.3. The highest BCUT2D eigenvalue weighted by atomic mass is 79.9. The van der Waals surface area contributed by atoms with Gasteiger partial charge in [-0.2, -0.15) is 5.26 Å². The van der Waals surface area contributed by atoms with Crippen molar-refractivity contribution in [2.45, 2.75) is 13.3 Å². The molecule has 0 saturated carbocycles. The molecule has 4 rings (SSSR count). The summed E-state index contributed by atoms with van der Waals surface area (Å²) < 4.78 is 19.9. The van der Waals surface area contributed by atoms with Gasteiger partial charge >= 0.3 is 0 Å². The first-order valence-electron chi connectivity index (χ1n) is 8.49. The van der Waals surface area contributed by atoms with E-state index in [9.17, 15) is 9.65 Å². The number of nitriles is 1. The van der Waals surface area contributed by atoms with E-state index in [0.717, 1.165) is 16.8 Å². The highest BCUT2D eigenvalue weighted by Crippen LogP contribution is 2.41. The molecular formula is C20H14BrFN4OS. The van der Waals surface area contributed by atoms with Gasteiger partial charge in [-0.3, -0.25) is 0 Å². The number of halogens is 2. The topological polar surface area (TPSA) is 66.0 Å². The van der Waals surface area contributed by atoms with Crippen molar-refractivity contribution in [1.82, 2.24) is 9.97 Å². The van der Waals surface area contributed by atoms with Crippen molar-refractivity contribution in [3.05, 3.63) is 57.6 Å². The van der Waals surface area contributed by atoms with Crippen molar-refractivity contribution >= 4 is 49.1 Å². The summed E-state index contributed by atoms with van der Waals surface area (Å²) in [7, 11) is 1.90. The van der Waals surface area contributed by atoms with Crippen LogP contribution in [0.2, 0.25) is 0 Å². The van der Waals surface area contributed by atoms with Crippen LogP contribution in [0.15, 0.2) is 45.5 Å². The predicted molar refractivity (Wildman–Crippen MR) is 111 cm³/mol. The molecular weight excluding hydrogens is 443 g/mol. The van der Waals surface area contributed by atoms with E-state index in [4.69, 9.17) is 4.42 Å². The molecule has 0 saturated heterocycles. The van der Waals surface area contributed by atoms with Gasteiger partial charge in [0.1, 0.15) is 32.8 Å². The molecule has 0 aliphatic rings. The lowest BCUT2D eigenvalue weighted by molar-refractivity contribution is 0.556. The number of hydrogen-bond donors (Lipinski definition) is 0. The van der Waals surface area contributed by atoms with Gasteiger partial charge in [-0.25, -0.2) is 14.4 Å². The summed E-state index contributed by atoms with van der Waals surface area (Å²) in [5.74, 6) is 0.487. The monoisotopic (exact) mass is 456 g/mol. The van der Waals surface area contributed by atoms with Crippen LogP contribution in [0.25, 0.3) is 22.2 Å². The molecule has 0 aliphatic heterocycles. The lowest BCUT2D eigenvalue weighted by Gasteiger charge is -2.16. The predicted octanol–water partition coefficient (Wildman–Crippen LogP) is 6.05. The second kappa shape index (κ2) is 7.34. The molecule has 0 amide bonds. The van der Waals surface area contributed by atoms with E-state index in [1.165, 1.54) is 23.5 Å². The third-order valence-corrected chi connectivity index (χ3v) is 5.84. The van der Waals surface area contributed by atoms with Crippen molar-refractivity contribution in [3.63, 3.8) is 0 Å². The van der Waals surface area contributed by atoms with Gasteiger partial charge in [0, 0.05) is 24.4 Å². The fourth-order valence-electron chi connectivity index (χ4n) is 3.05. The maximum Gasteiger partial charge on any atom is 0.191 e. The van der Waals surface area contributed by atoms with Crippen LogP contribution >= 0.6 is 27.3 Å². The van der Waals surface area contributed by atoms with Gasteiger partial charge in [0.2, 0.25) is 0 Å². The maximum absolute atomic E-state index is 13.3. The number of benzene rings is 1. The Hall–Kier alpha value is -2.76. The Bertz CT molecular complexity index is 1210. The molecule has 0 N–H and O–H groups in total. The van der Waals surface area contributed by atoms with E-state index in [1.807, 2.05) is 24.9 Å². The summed E-state index contributed by atoms with van der Waals surface area (Å²) >= 11 is 4.70. The summed E-state index contributed by atoms with van der Waals surface area (Å²) in [6, 6.07) is 10.1. The molecule has 1 aromatic carbocycles. The van der Waals surface area contributed by atoms with Gasteiger partial charge < -0.3 is 9.32 Å². The van der Waals surface area contributed by atoms with E-state index in [0.29, 0.717) is 37.9 Å². The normalized spacial score (nSPS) is 11.0. The highest BCUT2D eigenvalue weighted by molar-refractivity contribution is 9.10. The summed E-state index contributed by atoms with van der Waals surface area (Å²) in [6.45, 7) is 2.02. The highest BCUT2D eigenvalue weighted by Gasteiger charge is 2.22. The molecule has 0 radical (unpaired) electrons. The molecule has 3 aromatic heterocycles. The minimum absolute atomic E-state index is 0.327. The Morgan fingerprint density at radius 1 is 1.32 bits per heavy atom. The van der Waals surface area contributed by atoms with Crippen molar-refractivity contribution in [2.24, 2.45) is 0 Å². The standard InChI is InChI=1S/C20H14BrFN4OS/c1-3-14-19(13-8-17(21)24-10-15(13)27-14)26(2)20-25-18(16(9-23)28-20)11-4-6-12(22)7-5-11/h4-8,10H,3H2,1-2H3. The lowest BCUT2D eigenvalue weighted by Crippen LogP contribution is -2.10. The third kappa shape index (κ3) is 3.17. The molecule has 5 nitrogen and oxygen atoms in total.